The molecule has 0 saturated heterocycles. The van der Waals surface area contributed by atoms with Gasteiger partial charge in [0.15, 0.2) is 0 Å². The van der Waals surface area contributed by atoms with Gasteiger partial charge in [-0.15, -0.1) is 0 Å². The number of anilines is 1. The molecule has 0 aliphatic carbocycles. The fraction of sp³-hybridized carbons (Fsp3) is 0.231. The number of carbonyl (C=O) groups is 2. The quantitative estimate of drug-likeness (QED) is 0.778. The van der Waals surface area contributed by atoms with E-state index in [1.165, 1.54) is 6.08 Å². The molecule has 0 unspecified atom stereocenters. The molecule has 0 bridgehead atoms. The molecular weight excluding hydrogens is 216 g/mol. The molecule has 0 aliphatic heterocycles. The Kier molecular flexibility index (Phi) is 4.46. The Labute approximate surface area is 101 Å². The van der Waals surface area contributed by atoms with Crippen LogP contribution in [0.4, 0.5) is 5.69 Å². The summed E-state index contributed by atoms with van der Waals surface area (Å²) in [4.78, 5) is 22.7. The summed E-state index contributed by atoms with van der Waals surface area (Å²) in [7, 11) is 0. The molecule has 17 heavy (non-hydrogen) atoms. The molecular formula is C13H16N2O2. The molecule has 2 amide bonds. The summed E-state index contributed by atoms with van der Waals surface area (Å²) in [5, 5.41) is 5.39. The molecule has 4 heteroatoms. The molecule has 90 valence electrons. The van der Waals surface area contributed by atoms with Gasteiger partial charge in [-0.1, -0.05) is 6.58 Å². The third kappa shape index (κ3) is 3.45. The molecule has 1 rings (SSSR count). The Morgan fingerprint density at radius 1 is 1.41 bits per heavy atom. The standard InChI is InChI=1S/C13H16N2O2/c1-4-12(16)15-11-7-6-10(8-9(11)3)13(17)14-5-2/h4,6-8H,1,5H2,2-3H3,(H,14,17)(H,15,16). The van der Waals surface area contributed by atoms with E-state index in [1.807, 2.05) is 13.8 Å². The largest absolute Gasteiger partial charge is 0.352 e. The maximum Gasteiger partial charge on any atom is 0.251 e. The number of rotatable bonds is 4. The van der Waals surface area contributed by atoms with Gasteiger partial charge in [0, 0.05) is 17.8 Å². The molecule has 0 atom stereocenters. The fourth-order valence-corrected chi connectivity index (χ4v) is 1.39. The van der Waals surface area contributed by atoms with Crippen molar-refractivity contribution in [3.63, 3.8) is 0 Å². The topological polar surface area (TPSA) is 58.2 Å². The molecule has 0 spiro atoms. The molecule has 0 radical (unpaired) electrons. The zero-order valence-corrected chi connectivity index (χ0v) is 10.0. The zero-order valence-electron chi connectivity index (χ0n) is 10.0. The Bertz CT molecular complexity index is 453. The lowest BCUT2D eigenvalue weighted by Crippen LogP contribution is -2.22. The van der Waals surface area contributed by atoms with Crippen molar-refractivity contribution in [1.29, 1.82) is 0 Å². The molecule has 2 N–H and O–H groups in total. The number of hydrogen-bond donors (Lipinski definition) is 2. The molecule has 0 fully saturated rings. The van der Waals surface area contributed by atoms with E-state index >= 15 is 0 Å². The van der Waals surface area contributed by atoms with E-state index in [0.717, 1.165) is 5.56 Å². The van der Waals surface area contributed by atoms with Crippen molar-refractivity contribution in [2.45, 2.75) is 13.8 Å². The molecule has 0 saturated carbocycles. The van der Waals surface area contributed by atoms with Gasteiger partial charge in [0.1, 0.15) is 0 Å². The molecule has 1 aromatic rings. The van der Waals surface area contributed by atoms with Crippen LogP contribution in [0, 0.1) is 6.92 Å². The first-order valence-electron chi connectivity index (χ1n) is 5.40. The predicted octanol–water partition coefficient (Wildman–Crippen LogP) is 1.87. The van der Waals surface area contributed by atoms with Crippen molar-refractivity contribution in [2.24, 2.45) is 0 Å². The van der Waals surface area contributed by atoms with Crippen LogP contribution in [0.3, 0.4) is 0 Å². The highest BCUT2D eigenvalue weighted by molar-refractivity contribution is 6.00. The van der Waals surface area contributed by atoms with Gasteiger partial charge >= 0.3 is 0 Å². The molecule has 0 aromatic heterocycles. The van der Waals surface area contributed by atoms with Crippen LogP contribution in [-0.2, 0) is 4.79 Å². The first kappa shape index (κ1) is 13.0. The van der Waals surface area contributed by atoms with Crippen molar-refractivity contribution in [3.05, 3.63) is 42.0 Å². The summed E-state index contributed by atoms with van der Waals surface area (Å²) >= 11 is 0. The normalized spacial score (nSPS) is 9.53. The third-order valence-corrected chi connectivity index (χ3v) is 2.27. The van der Waals surface area contributed by atoms with Gasteiger partial charge in [-0.05, 0) is 43.7 Å². The minimum absolute atomic E-state index is 0.114. The van der Waals surface area contributed by atoms with E-state index in [2.05, 4.69) is 17.2 Å². The Morgan fingerprint density at radius 3 is 2.65 bits per heavy atom. The van der Waals surface area contributed by atoms with Crippen LogP contribution in [0.2, 0.25) is 0 Å². The van der Waals surface area contributed by atoms with E-state index < -0.39 is 0 Å². The third-order valence-electron chi connectivity index (χ3n) is 2.27. The fourth-order valence-electron chi connectivity index (χ4n) is 1.39. The van der Waals surface area contributed by atoms with Gasteiger partial charge in [-0.25, -0.2) is 0 Å². The van der Waals surface area contributed by atoms with Crippen molar-refractivity contribution in [3.8, 4) is 0 Å². The number of benzene rings is 1. The summed E-state index contributed by atoms with van der Waals surface area (Å²) in [6.07, 6.45) is 1.21. The van der Waals surface area contributed by atoms with Crippen LogP contribution >= 0.6 is 0 Å². The molecule has 1 aromatic carbocycles. The lowest BCUT2D eigenvalue weighted by Gasteiger charge is -2.08. The molecule has 0 heterocycles. The van der Waals surface area contributed by atoms with Crippen LogP contribution < -0.4 is 10.6 Å². The zero-order chi connectivity index (χ0) is 12.8. The number of nitrogens with one attached hydrogen (secondary N) is 2. The minimum atomic E-state index is -0.265. The van der Waals surface area contributed by atoms with E-state index in [4.69, 9.17) is 0 Å². The average Bonchev–Trinajstić information content (AvgIpc) is 2.31. The first-order chi connectivity index (χ1) is 8.08. The van der Waals surface area contributed by atoms with Crippen molar-refractivity contribution < 1.29 is 9.59 Å². The van der Waals surface area contributed by atoms with E-state index in [9.17, 15) is 9.59 Å². The van der Waals surface area contributed by atoms with Gasteiger partial charge in [-0.2, -0.15) is 0 Å². The second-order valence-corrected chi connectivity index (χ2v) is 3.58. The lowest BCUT2D eigenvalue weighted by molar-refractivity contribution is -0.111. The lowest BCUT2D eigenvalue weighted by atomic mass is 10.1. The Hall–Kier alpha value is -2.10. The van der Waals surface area contributed by atoms with Crippen LogP contribution in [0.1, 0.15) is 22.8 Å². The van der Waals surface area contributed by atoms with Crippen LogP contribution in [-0.4, -0.2) is 18.4 Å². The maximum absolute atomic E-state index is 11.6. The van der Waals surface area contributed by atoms with Crippen molar-refractivity contribution in [1.82, 2.24) is 5.32 Å². The highest BCUT2D eigenvalue weighted by atomic mass is 16.2. The smallest absolute Gasteiger partial charge is 0.251 e. The number of aryl methyl sites for hydroxylation is 1. The summed E-state index contributed by atoms with van der Waals surface area (Å²) in [5.41, 5.74) is 2.10. The van der Waals surface area contributed by atoms with Crippen LogP contribution in [0.25, 0.3) is 0 Å². The molecule has 0 aliphatic rings. The van der Waals surface area contributed by atoms with Gasteiger partial charge in [-0.3, -0.25) is 9.59 Å². The van der Waals surface area contributed by atoms with Gasteiger partial charge in [0.05, 0.1) is 0 Å². The summed E-state index contributed by atoms with van der Waals surface area (Å²) in [5.74, 6) is -0.379. The highest BCUT2D eigenvalue weighted by Crippen LogP contribution is 2.16. The second-order valence-electron chi connectivity index (χ2n) is 3.58. The van der Waals surface area contributed by atoms with Crippen LogP contribution in [0.15, 0.2) is 30.9 Å². The minimum Gasteiger partial charge on any atom is -0.352 e. The van der Waals surface area contributed by atoms with Gasteiger partial charge in [0.2, 0.25) is 5.91 Å². The Balaban J connectivity index is 2.89. The second kappa shape index (κ2) is 5.84. The number of carbonyl (C=O) groups excluding carboxylic acids is 2. The summed E-state index contributed by atoms with van der Waals surface area (Å²) < 4.78 is 0. The summed E-state index contributed by atoms with van der Waals surface area (Å²) in [6, 6.07) is 5.13. The summed E-state index contributed by atoms with van der Waals surface area (Å²) in [6.45, 7) is 7.67. The van der Waals surface area contributed by atoms with E-state index in [0.29, 0.717) is 17.8 Å². The van der Waals surface area contributed by atoms with Crippen LogP contribution in [0.5, 0.6) is 0 Å². The number of amides is 2. The maximum atomic E-state index is 11.6. The van der Waals surface area contributed by atoms with Gasteiger partial charge < -0.3 is 10.6 Å². The predicted molar refractivity (Wildman–Crippen MR) is 68.0 cm³/mol. The Morgan fingerprint density at radius 2 is 2.12 bits per heavy atom. The first-order valence-corrected chi connectivity index (χ1v) is 5.40. The van der Waals surface area contributed by atoms with Crippen molar-refractivity contribution >= 4 is 17.5 Å². The number of hydrogen-bond acceptors (Lipinski definition) is 2. The monoisotopic (exact) mass is 232 g/mol. The van der Waals surface area contributed by atoms with Crippen molar-refractivity contribution in [2.75, 3.05) is 11.9 Å². The van der Waals surface area contributed by atoms with E-state index in [-0.39, 0.29) is 11.8 Å². The average molecular weight is 232 g/mol. The molecule has 4 nitrogen and oxygen atoms in total. The highest BCUT2D eigenvalue weighted by Gasteiger charge is 2.07. The SMILES string of the molecule is C=CC(=O)Nc1ccc(C(=O)NCC)cc1C. The van der Waals surface area contributed by atoms with Gasteiger partial charge in [0.25, 0.3) is 5.91 Å². The van der Waals surface area contributed by atoms with E-state index in [1.54, 1.807) is 18.2 Å².